The molecule has 39 heavy (non-hydrogen) atoms. The maximum Gasteiger partial charge on any atom is 0.258 e. The number of hydrogen-bond acceptors (Lipinski definition) is 5. The van der Waals surface area contributed by atoms with Gasteiger partial charge in [-0.2, -0.15) is 0 Å². The molecule has 204 valence electrons. The number of nitrogens with one attached hydrogen (secondary N) is 2. The van der Waals surface area contributed by atoms with Crippen LogP contribution in [0.15, 0.2) is 42.7 Å². The number of rotatable bonds is 6. The maximum absolute atomic E-state index is 15.7. The third kappa shape index (κ3) is 5.44. The van der Waals surface area contributed by atoms with Crippen molar-refractivity contribution in [3.63, 3.8) is 0 Å². The van der Waals surface area contributed by atoms with Gasteiger partial charge in [-0.1, -0.05) is 6.92 Å². The van der Waals surface area contributed by atoms with Crippen LogP contribution in [0.1, 0.15) is 46.9 Å². The number of aromatic nitrogens is 1. The van der Waals surface area contributed by atoms with E-state index in [0.717, 1.165) is 43.5 Å². The van der Waals surface area contributed by atoms with Crippen LogP contribution < -0.4 is 21.3 Å². The maximum atomic E-state index is 15.7. The molecule has 11 heteroatoms. The van der Waals surface area contributed by atoms with Crippen LogP contribution in [-0.2, 0) is 0 Å². The predicted molar refractivity (Wildman–Crippen MR) is 138 cm³/mol. The van der Waals surface area contributed by atoms with Crippen molar-refractivity contribution in [1.82, 2.24) is 10.3 Å². The van der Waals surface area contributed by atoms with E-state index in [1.165, 1.54) is 6.20 Å². The van der Waals surface area contributed by atoms with Crippen LogP contribution in [0.4, 0.5) is 28.9 Å². The Hall–Kier alpha value is -3.99. The van der Waals surface area contributed by atoms with Crippen molar-refractivity contribution in [2.75, 3.05) is 23.3 Å². The molecule has 3 aromatic rings. The molecular formula is C28H27F4N5O2. The number of pyridine rings is 1. The molecule has 2 heterocycles. The molecule has 1 aliphatic heterocycles. The van der Waals surface area contributed by atoms with Gasteiger partial charge in [0.05, 0.1) is 39.8 Å². The predicted octanol–water partition coefficient (Wildman–Crippen LogP) is 4.62. The molecular weight excluding hydrogens is 514 g/mol. The number of anilines is 2. The van der Waals surface area contributed by atoms with Crippen molar-refractivity contribution in [1.29, 1.82) is 0 Å². The zero-order valence-corrected chi connectivity index (χ0v) is 21.1. The van der Waals surface area contributed by atoms with Crippen molar-refractivity contribution in [2.24, 2.45) is 11.7 Å². The van der Waals surface area contributed by atoms with Crippen LogP contribution in [0.2, 0.25) is 0 Å². The summed E-state index contributed by atoms with van der Waals surface area (Å²) in [6.07, 6.45) is 5.24. The smallest absolute Gasteiger partial charge is 0.258 e. The van der Waals surface area contributed by atoms with Gasteiger partial charge in [0, 0.05) is 31.4 Å². The molecule has 0 bridgehead atoms. The first kappa shape index (κ1) is 26.6. The number of carbonyl (C=O) groups is 2. The van der Waals surface area contributed by atoms with Gasteiger partial charge in [-0.25, -0.2) is 17.6 Å². The number of amides is 2. The normalized spacial score (nSPS) is 19.1. The highest BCUT2D eigenvalue weighted by Crippen LogP contribution is 2.35. The lowest BCUT2D eigenvalue weighted by Gasteiger charge is -2.37. The summed E-state index contributed by atoms with van der Waals surface area (Å²) in [5, 5.41) is 5.14. The Labute approximate surface area is 222 Å². The van der Waals surface area contributed by atoms with Crippen molar-refractivity contribution in [3.05, 3.63) is 77.1 Å². The number of nitrogens with zero attached hydrogens (tertiary/aromatic N) is 2. The summed E-state index contributed by atoms with van der Waals surface area (Å²) >= 11 is 0. The first-order valence-corrected chi connectivity index (χ1v) is 12.7. The van der Waals surface area contributed by atoms with Gasteiger partial charge >= 0.3 is 0 Å². The van der Waals surface area contributed by atoms with Gasteiger partial charge in [0.25, 0.3) is 11.8 Å². The Morgan fingerprint density at radius 1 is 0.923 bits per heavy atom. The molecule has 2 aromatic carbocycles. The lowest BCUT2D eigenvalue weighted by molar-refractivity contribution is 0.0946. The Morgan fingerprint density at radius 3 is 2.13 bits per heavy atom. The van der Waals surface area contributed by atoms with Gasteiger partial charge in [0.2, 0.25) is 0 Å². The average Bonchev–Trinajstić information content (AvgIpc) is 3.69. The van der Waals surface area contributed by atoms with Crippen LogP contribution >= 0.6 is 0 Å². The molecule has 0 spiro atoms. The second-order valence-corrected chi connectivity index (χ2v) is 10.2. The number of benzene rings is 2. The second kappa shape index (κ2) is 10.6. The summed E-state index contributed by atoms with van der Waals surface area (Å²) < 4.78 is 60.7. The van der Waals surface area contributed by atoms with Gasteiger partial charge in [0.15, 0.2) is 0 Å². The number of halogens is 4. The van der Waals surface area contributed by atoms with E-state index in [4.69, 9.17) is 5.73 Å². The molecule has 7 nitrogen and oxygen atoms in total. The van der Waals surface area contributed by atoms with Crippen LogP contribution in [0.25, 0.3) is 11.1 Å². The lowest BCUT2D eigenvalue weighted by atomic mass is 9.96. The molecule has 1 aliphatic carbocycles. The Morgan fingerprint density at radius 2 is 1.54 bits per heavy atom. The van der Waals surface area contributed by atoms with E-state index in [1.807, 2.05) is 4.90 Å². The summed E-state index contributed by atoms with van der Waals surface area (Å²) in [7, 11) is 0. The van der Waals surface area contributed by atoms with E-state index < -0.39 is 57.3 Å². The zero-order valence-electron chi connectivity index (χ0n) is 21.1. The molecule has 1 saturated heterocycles. The van der Waals surface area contributed by atoms with Gasteiger partial charge in [0.1, 0.15) is 23.3 Å². The lowest BCUT2D eigenvalue weighted by Crippen LogP contribution is -2.46. The van der Waals surface area contributed by atoms with Crippen LogP contribution in [-0.4, -0.2) is 42.0 Å². The number of carbonyl (C=O) groups excluding carboxylic acids is 2. The van der Waals surface area contributed by atoms with Gasteiger partial charge < -0.3 is 21.3 Å². The largest absolute Gasteiger partial charge is 0.368 e. The average molecular weight is 542 g/mol. The molecule has 2 atom stereocenters. The molecule has 2 fully saturated rings. The molecule has 1 aromatic heterocycles. The minimum absolute atomic E-state index is 0.0746. The molecule has 5 rings (SSSR count). The summed E-state index contributed by atoms with van der Waals surface area (Å²) in [5.74, 6) is -6.95. The molecule has 2 amide bonds. The van der Waals surface area contributed by atoms with Crippen LogP contribution in [0.3, 0.4) is 0 Å². The quantitative estimate of drug-likeness (QED) is 0.396. The Bertz CT molecular complexity index is 1440. The zero-order chi connectivity index (χ0) is 27.8. The van der Waals surface area contributed by atoms with Crippen molar-refractivity contribution >= 4 is 23.2 Å². The highest BCUT2D eigenvalue weighted by atomic mass is 19.1. The SMILES string of the molecule is C[C@@H]1C[C@H](N)CN(c2ccncc2NC(=O)c2ccc(F)c(-c3c(F)ccc(C(=O)NC4CC4)c3F)c2F)C1. The van der Waals surface area contributed by atoms with Gasteiger partial charge in [-0.15, -0.1) is 0 Å². The molecule has 4 N–H and O–H groups in total. The Kier molecular flexibility index (Phi) is 7.26. The first-order valence-electron chi connectivity index (χ1n) is 12.7. The number of nitrogens with two attached hydrogens (primary N) is 1. The molecule has 2 aliphatic rings. The standard InChI is InChI=1S/C28H27F4N5O2/c1-14-10-15(33)13-37(12-14)22-8-9-34-11-21(22)36-28(39)18-5-7-20(30)24(26(18)32)23-19(29)6-4-17(25(23)31)27(38)35-16-2-3-16/h4-9,11,14-16H,2-3,10,12-13,33H2,1H3,(H,35,38)(H,36,39)/t14-,15+/m1/s1. The second-order valence-electron chi connectivity index (χ2n) is 10.2. The third-order valence-corrected chi connectivity index (χ3v) is 6.91. The molecule has 0 unspecified atom stereocenters. The summed E-state index contributed by atoms with van der Waals surface area (Å²) in [4.78, 5) is 31.6. The topological polar surface area (TPSA) is 100 Å². The summed E-state index contributed by atoms with van der Waals surface area (Å²) in [6, 6.07) is 4.81. The number of piperidine rings is 1. The fourth-order valence-electron chi connectivity index (χ4n) is 4.95. The van der Waals surface area contributed by atoms with Gasteiger partial charge in [-0.3, -0.25) is 14.6 Å². The van der Waals surface area contributed by atoms with Crippen molar-refractivity contribution < 1.29 is 27.2 Å². The van der Waals surface area contributed by atoms with E-state index in [9.17, 15) is 18.4 Å². The van der Waals surface area contributed by atoms with E-state index in [1.54, 1.807) is 12.3 Å². The first-order chi connectivity index (χ1) is 18.6. The van der Waals surface area contributed by atoms with Crippen molar-refractivity contribution in [2.45, 2.75) is 38.3 Å². The monoisotopic (exact) mass is 541 g/mol. The fraction of sp³-hybridized carbons (Fsp3) is 0.321. The number of hydrogen-bond donors (Lipinski definition) is 3. The third-order valence-electron chi connectivity index (χ3n) is 6.91. The van der Waals surface area contributed by atoms with Crippen LogP contribution in [0.5, 0.6) is 0 Å². The van der Waals surface area contributed by atoms with E-state index in [-0.39, 0.29) is 17.8 Å². The summed E-state index contributed by atoms with van der Waals surface area (Å²) in [6.45, 7) is 3.28. The van der Waals surface area contributed by atoms with E-state index in [2.05, 4.69) is 22.5 Å². The summed E-state index contributed by atoms with van der Waals surface area (Å²) in [5.41, 5.74) is 3.71. The van der Waals surface area contributed by atoms with Crippen molar-refractivity contribution in [3.8, 4) is 11.1 Å². The highest BCUT2D eigenvalue weighted by molar-refractivity contribution is 6.07. The van der Waals surface area contributed by atoms with E-state index >= 15 is 8.78 Å². The highest BCUT2D eigenvalue weighted by Gasteiger charge is 2.30. The van der Waals surface area contributed by atoms with Gasteiger partial charge in [-0.05, 0) is 55.5 Å². The molecule has 0 radical (unpaired) electrons. The van der Waals surface area contributed by atoms with Crippen LogP contribution in [0, 0.1) is 29.2 Å². The minimum Gasteiger partial charge on any atom is -0.368 e. The minimum atomic E-state index is -1.47. The fourth-order valence-corrected chi connectivity index (χ4v) is 4.95. The molecule has 1 saturated carbocycles. The van der Waals surface area contributed by atoms with E-state index in [0.29, 0.717) is 24.7 Å². The Balaban J connectivity index is 1.49.